The van der Waals surface area contributed by atoms with Crippen LogP contribution in [-0.4, -0.2) is 22.8 Å². The Hall–Kier alpha value is -3.34. The quantitative estimate of drug-likeness (QED) is 0.711. The summed E-state index contributed by atoms with van der Waals surface area (Å²) in [4.78, 5) is 26.9. The third-order valence-corrected chi connectivity index (χ3v) is 4.58. The molecule has 4 rings (SSSR count). The summed E-state index contributed by atoms with van der Waals surface area (Å²) >= 11 is 0. The largest absolute Gasteiger partial charge is 0.459 e. The molecule has 2 aromatic carbocycles. The van der Waals surface area contributed by atoms with Crippen molar-refractivity contribution >= 4 is 17.5 Å². The Morgan fingerprint density at radius 3 is 2.33 bits per heavy atom. The molecule has 1 aromatic heterocycles. The Kier molecular flexibility index (Phi) is 4.75. The van der Waals surface area contributed by atoms with Crippen LogP contribution in [0.25, 0.3) is 0 Å². The molecule has 136 valence electrons. The highest BCUT2D eigenvalue weighted by molar-refractivity contribution is 6.02. The summed E-state index contributed by atoms with van der Waals surface area (Å²) in [7, 11) is 0. The van der Waals surface area contributed by atoms with Gasteiger partial charge in [-0.25, -0.2) is 0 Å². The maximum atomic E-state index is 13.0. The summed E-state index contributed by atoms with van der Waals surface area (Å²) in [6.45, 7) is 0.612. The minimum Gasteiger partial charge on any atom is -0.459 e. The Morgan fingerprint density at radius 2 is 1.70 bits per heavy atom. The lowest BCUT2D eigenvalue weighted by molar-refractivity contribution is 0.0730. The van der Waals surface area contributed by atoms with Gasteiger partial charge in [-0.05, 0) is 54.8 Å². The van der Waals surface area contributed by atoms with E-state index in [1.54, 1.807) is 36.4 Å². The molecule has 0 atom stereocenters. The number of furan rings is 1. The molecule has 0 unspecified atom stereocenters. The van der Waals surface area contributed by atoms with Crippen molar-refractivity contribution in [3.05, 3.63) is 89.9 Å². The van der Waals surface area contributed by atoms with E-state index in [0.717, 1.165) is 18.4 Å². The Labute approximate surface area is 157 Å². The number of rotatable bonds is 6. The highest BCUT2D eigenvalue weighted by Gasteiger charge is 2.33. The molecule has 0 aliphatic heterocycles. The van der Waals surface area contributed by atoms with Crippen molar-refractivity contribution < 1.29 is 14.0 Å². The zero-order valence-electron chi connectivity index (χ0n) is 14.8. The molecule has 27 heavy (non-hydrogen) atoms. The first-order chi connectivity index (χ1) is 13.2. The first-order valence-corrected chi connectivity index (χ1v) is 9.00. The smallest absolute Gasteiger partial charge is 0.291 e. The van der Waals surface area contributed by atoms with Gasteiger partial charge in [0.25, 0.3) is 11.8 Å². The number of nitrogens with one attached hydrogen (secondary N) is 1. The molecule has 0 saturated heterocycles. The molecule has 1 aliphatic rings. The van der Waals surface area contributed by atoms with E-state index < -0.39 is 0 Å². The maximum absolute atomic E-state index is 13.0. The maximum Gasteiger partial charge on any atom is 0.291 e. The van der Waals surface area contributed by atoms with Gasteiger partial charge in [0.1, 0.15) is 0 Å². The third kappa shape index (κ3) is 4.08. The van der Waals surface area contributed by atoms with Gasteiger partial charge in [-0.3, -0.25) is 9.59 Å². The van der Waals surface area contributed by atoms with E-state index >= 15 is 0 Å². The average Bonchev–Trinajstić information content (AvgIpc) is 3.39. The molecule has 5 nitrogen and oxygen atoms in total. The van der Waals surface area contributed by atoms with Gasteiger partial charge < -0.3 is 14.6 Å². The van der Waals surface area contributed by atoms with Crippen LogP contribution in [0.3, 0.4) is 0 Å². The Morgan fingerprint density at radius 1 is 0.963 bits per heavy atom. The fraction of sp³-hybridized carbons (Fsp3) is 0.182. The van der Waals surface area contributed by atoms with Crippen molar-refractivity contribution in [2.75, 3.05) is 5.32 Å². The fourth-order valence-corrected chi connectivity index (χ4v) is 3.00. The van der Waals surface area contributed by atoms with Gasteiger partial charge in [-0.15, -0.1) is 0 Å². The number of carbonyl (C=O) groups is 2. The second-order valence-electron chi connectivity index (χ2n) is 6.66. The zero-order chi connectivity index (χ0) is 18.6. The minimum absolute atomic E-state index is 0.0188. The average molecular weight is 360 g/mol. The number of nitrogens with zero attached hydrogens (tertiary/aromatic N) is 1. The first-order valence-electron chi connectivity index (χ1n) is 9.00. The van der Waals surface area contributed by atoms with Crippen LogP contribution in [-0.2, 0) is 6.54 Å². The van der Waals surface area contributed by atoms with E-state index in [4.69, 9.17) is 4.42 Å². The molecule has 1 aliphatic carbocycles. The van der Waals surface area contributed by atoms with Crippen molar-refractivity contribution in [1.29, 1.82) is 0 Å². The highest BCUT2D eigenvalue weighted by atomic mass is 16.3. The third-order valence-electron chi connectivity index (χ3n) is 4.58. The van der Waals surface area contributed by atoms with Crippen molar-refractivity contribution in [2.24, 2.45) is 0 Å². The number of anilines is 1. The van der Waals surface area contributed by atoms with E-state index in [2.05, 4.69) is 5.32 Å². The number of hydrogen-bond donors (Lipinski definition) is 1. The summed E-state index contributed by atoms with van der Waals surface area (Å²) in [5, 5.41) is 2.76. The number of carbonyl (C=O) groups excluding carboxylic acids is 2. The van der Waals surface area contributed by atoms with Crippen LogP contribution >= 0.6 is 0 Å². The van der Waals surface area contributed by atoms with Crippen LogP contribution < -0.4 is 5.32 Å². The molecule has 0 spiro atoms. The molecule has 2 amide bonds. The number of amides is 2. The van der Waals surface area contributed by atoms with Crippen LogP contribution in [0.1, 0.15) is 39.3 Å². The molecule has 1 N–H and O–H groups in total. The zero-order valence-corrected chi connectivity index (χ0v) is 14.8. The van der Waals surface area contributed by atoms with Crippen LogP contribution in [0.2, 0.25) is 0 Å². The van der Waals surface area contributed by atoms with Gasteiger partial charge >= 0.3 is 0 Å². The SMILES string of the molecule is O=C(Nc1ccc(C(=O)N(Cc2ccccc2)C2CC2)cc1)c1ccco1. The lowest BCUT2D eigenvalue weighted by Crippen LogP contribution is -2.32. The lowest BCUT2D eigenvalue weighted by atomic mass is 10.1. The van der Waals surface area contributed by atoms with E-state index in [1.807, 2.05) is 35.2 Å². The summed E-state index contributed by atoms with van der Waals surface area (Å²) in [5.74, 6) is -0.0500. The van der Waals surface area contributed by atoms with Crippen LogP contribution in [0.4, 0.5) is 5.69 Å². The topological polar surface area (TPSA) is 62.6 Å². The van der Waals surface area contributed by atoms with Crippen molar-refractivity contribution in [1.82, 2.24) is 4.90 Å². The van der Waals surface area contributed by atoms with Gasteiger partial charge in [-0.1, -0.05) is 30.3 Å². The highest BCUT2D eigenvalue weighted by Crippen LogP contribution is 2.30. The summed E-state index contributed by atoms with van der Waals surface area (Å²) in [6, 6.07) is 20.6. The number of benzene rings is 2. The summed E-state index contributed by atoms with van der Waals surface area (Å²) in [6.07, 6.45) is 3.56. The first kappa shape index (κ1) is 17.1. The predicted octanol–water partition coefficient (Wildman–Crippen LogP) is 4.34. The standard InChI is InChI=1S/C22H20N2O3/c25-21(20-7-4-14-27-20)23-18-10-8-17(9-11-18)22(26)24(19-12-13-19)15-16-5-2-1-3-6-16/h1-11,14,19H,12-13,15H2,(H,23,25). The molecule has 5 heteroatoms. The van der Waals surface area contributed by atoms with E-state index in [9.17, 15) is 9.59 Å². The second kappa shape index (κ2) is 7.50. The van der Waals surface area contributed by atoms with Gasteiger partial charge in [0.2, 0.25) is 0 Å². The number of hydrogen-bond acceptors (Lipinski definition) is 3. The van der Waals surface area contributed by atoms with Crippen LogP contribution in [0.5, 0.6) is 0 Å². The molecular formula is C22H20N2O3. The normalized spacial score (nSPS) is 13.2. The Balaban J connectivity index is 1.45. The van der Waals surface area contributed by atoms with E-state index in [1.165, 1.54) is 6.26 Å². The molecule has 0 radical (unpaired) electrons. The molecule has 1 fully saturated rings. The van der Waals surface area contributed by atoms with E-state index in [0.29, 0.717) is 23.8 Å². The Bertz CT molecular complexity index is 914. The summed E-state index contributed by atoms with van der Waals surface area (Å²) < 4.78 is 5.08. The van der Waals surface area contributed by atoms with Gasteiger partial charge in [0.15, 0.2) is 5.76 Å². The molecule has 1 saturated carbocycles. The second-order valence-corrected chi connectivity index (χ2v) is 6.66. The summed E-state index contributed by atoms with van der Waals surface area (Å²) in [5.41, 5.74) is 2.36. The molecule has 1 heterocycles. The van der Waals surface area contributed by atoms with Crippen LogP contribution in [0.15, 0.2) is 77.4 Å². The predicted molar refractivity (Wildman–Crippen MR) is 102 cm³/mol. The molecular weight excluding hydrogens is 340 g/mol. The monoisotopic (exact) mass is 360 g/mol. The van der Waals surface area contributed by atoms with Crippen molar-refractivity contribution in [3.8, 4) is 0 Å². The molecule has 3 aromatic rings. The van der Waals surface area contributed by atoms with Crippen molar-refractivity contribution in [2.45, 2.75) is 25.4 Å². The van der Waals surface area contributed by atoms with Gasteiger partial charge in [0.05, 0.1) is 6.26 Å². The fourth-order valence-electron chi connectivity index (χ4n) is 3.00. The van der Waals surface area contributed by atoms with Gasteiger partial charge in [-0.2, -0.15) is 0 Å². The minimum atomic E-state index is -0.317. The van der Waals surface area contributed by atoms with Crippen LogP contribution in [0, 0.1) is 0 Å². The van der Waals surface area contributed by atoms with E-state index in [-0.39, 0.29) is 17.6 Å². The molecule has 0 bridgehead atoms. The van der Waals surface area contributed by atoms with Crippen molar-refractivity contribution in [3.63, 3.8) is 0 Å². The van der Waals surface area contributed by atoms with Gasteiger partial charge in [0, 0.05) is 23.8 Å². The lowest BCUT2D eigenvalue weighted by Gasteiger charge is -2.23.